The Hall–Kier alpha value is -0.910. The molecule has 0 fully saturated rings. The van der Waals surface area contributed by atoms with E-state index in [2.05, 4.69) is 24.3 Å². The molecule has 4 N–H and O–H groups in total. The molecule has 1 aromatic heterocycles. The predicted octanol–water partition coefficient (Wildman–Crippen LogP) is 0.733. The normalized spacial score (nSPS) is 14.7. The standard InChI is InChI=1S/C13H26N4O/c1-4-10(6-7-18)15-13(8-14)11-9-17(3)16-12(11)5-2/h9-10,13,15,18H,4-8,14H2,1-3H3. The number of aliphatic hydroxyl groups excluding tert-OH is 1. The lowest BCUT2D eigenvalue weighted by Gasteiger charge is -2.23. The summed E-state index contributed by atoms with van der Waals surface area (Å²) in [5, 5.41) is 17.0. The lowest BCUT2D eigenvalue weighted by Crippen LogP contribution is -2.37. The molecule has 0 saturated carbocycles. The highest BCUT2D eigenvalue weighted by Gasteiger charge is 2.19. The summed E-state index contributed by atoms with van der Waals surface area (Å²) < 4.78 is 1.84. The molecule has 0 aliphatic carbocycles. The van der Waals surface area contributed by atoms with Gasteiger partial charge in [-0.25, -0.2) is 0 Å². The summed E-state index contributed by atoms with van der Waals surface area (Å²) in [5.41, 5.74) is 8.15. The van der Waals surface area contributed by atoms with Crippen LogP contribution in [0.5, 0.6) is 0 Å². The van der Waals surface area contributed by atoms with E-state index in [-0.39, 0.29) is 12.6 Å². The molecule has 2 atom stereocenters. The Balaban J connectivity index is 2.81. The number of aromatic nitrogens is 2. The summed E-state index contributed by atoms with van der Waals surface area (Å²) in [5.74, 6) is 0. The second-order valence-corrected chi connectivity index (χ2v) is 4.63. The number of rotatable bonds is 8. The Morgan fingerprint density at radius 3 is 2.72 bits per heavy atom. The minimum Gasteiger partial charge on any atom is -0.396 e. The van der Waals surface area contributed by atoms with Crippen molar-refractivity contribution < 1.29 is 5.11 Å². The van der Waals surface area contributed by atoms with Crippen molar-refractivity contribution in [2.24, 2.45) is 12.8 Å². The number of aryl methyl sites for hydroxylation is 2. The molecule has 104 valence electrons. The fourth-order valence-electron chi connectivity index (χ4n) is 2.25. The molecule has 1 heterocycles. The molecular weight excluding hydrogens is 228 g/mol. The SMILES string of the molecule is CCc1nn(C)cc1C(CN)NC(CC)CCO. The van der Waals surface area contributed by atoms with Gasteiger partial charge in [-0.2, -0.15) is 5.10 Å². The number of nitrogens with one attached hydrogen (secondary N) is 1. The van der Waals surface area contributed by atoms with E-state index in [0.29, 0.717) is 12.6 Å². The highest BCUT2D eigenvalue weighted by Crippen LogP contribution is 2.18. The summed E-state index contributed by atoms with van der Waals surface area (Å²) in [4.78, 5) is 0. The van der Waals surface area contributed by atoms with E-state index < -0.39 is 0 Å². The van der Waals surface area contributed by atoms with Crippen LogP contribution in [0.4, 0.5) is 0 Å². The Morgan fingerprint density at radius 2 is 2.22 bits per heavy atom. The summed E-state index contributed by atoms with van der Waals surface area (Å²) in [6.07, 6.45) is 4.69. The summed E-state index contributed by atoms with van der Waals surface area (Å²) in [7, 11) is 1.93. The number of hydrogen-bond donors (Lipinski definition) is 3. The van der Waals surface area contributed by atoms with Crippen LogP contribution in [0.15, 0.2) is 6.20 Å². The molecule has 0 aromatic carbocycles. The summed E-state index contributed by atoms with van der Waals surface area (Å²) >= 11 is 0. The van der Waals surface area contributed by atoms with Gasteiger partial charge < -0.3 is 16.2 Å². The van der Waals surface area contributed by atoms with E-state index in [1.165, 1.54) is 5.56 Å². The van der Waals surface area contributed by atoms with Crippen LogP contribution >= 0.6 is 0 Å². The predicted molar refractivity (Wildman–Crippen MR) is 73.3 cm³/mol. The van der Waals surface area contributed by atoms with Crippen LogP contribution in [0.3, 0.4) is 0 Å². The molecule has 0 radical (unpaired) electrons. The highest BCUT2D eigenvalue weighted by atomic mass is 16.3. The Labute approximate surface area is 109 Å². The fourth-order valence-corrected chi connectivity index (χ4v) is 2.25. The molecule has 5 nitrogen and oxygen atoms in total. The number of aliphatic hydroxyl groups is 1. The van der Waals surface area contributed by atoms with Crippen LogP contribution < -0.4 is 11.1 Å². The Bertz CT molecular complexity index is 351. The van der Waals surface area contributed by atoms with E-state index in [0.717, 1.165) is 25.0 Å². The van der Waals surface area contributed by atoms with Gasteiger partial charge in [-0.1, -0.05) is 13.8 Å². The van der Waals surface area contributed by atoms with Crippen molar-refractivity contribution in [1.82, 2.24) is 15.1 Å². The maximum Gasteiger partial charge on any atom is 0.0670 e. The van der Waals surface area contributed by atoms with Crippen molar-refractivity contribution in [2.45, 2.75) is 45.2 Å². The van der Waals surface area contributed by atoms with E-state index in [1.807, 2.05) is 17.9 Å². The molecule has 0 spiro atoms. The fraction of sp³-hybridized carbons (Fsp3) is 0.769. The zero-order chi connectivity index (χ0) is 13.5. The minimum atomic E-state index is 0.116. The maximum atomic E-state index is 9.04. The van der Waals surface area contributed by atoms with Gasteiger partial charge in [0.15, 0.2) is 0 Å². The van der Waals surface area contributed by atoms with E-state index in [1.54, 1.807) is 0 Å². The lowest BCUT2D eigenvalue weighted by atomic mass is 10.0. The quantitative estimate of drug-likeness (QED) is 0.639. The van der Waals surface area contributed by atoms with Gasteiger partial charge in [0.25, 0.3) is 0 Å². The zero-order valence-corrected chi connectivity index (χ0v) is 11.7. The topological polar surface area (TPSA) is 76.1 Å². The molecule has 0 saturated heterocycles. The van der Waals surface area contributed by atoms with Gasteiger partial charge in [0, 0.05) is 44.0 Å². The number of nitrogens with two attached hydrogens (primary N) is 1. The maximum absolute atomic E-state index is 9.04. The second kappa shape index (κ2) is 7.51. The van der Waals surface area contributed by atoms with Crippen molar-refractivity contribution in [1.29, 1.82) is 0 Å². The largest absolute Gasteiger partial charge is 0.396 e. The van der Waals surface area contributed by atoms with Gasteiger partial charge in [0.05, 0.1) is 5.69 Å². The third-order valence-electron chi connectivity index (χ3n) is 3.29. The monoisotopic (exact) mass is 254 g/mol. The van der Waals surface area contributed by atoms with E-state index >= 15 is 0 Å². The molecule has 1 rings (SSSR count). The summed E-state index contributed by atoms with van der Waals surface area (Å²) in [6.45, 7) is 4.96. The third kappa shape index (κ3) is 3.80. The Morgan fingerprint density at radius 1 is 1.50 bits per heavy atom. The Kier molecular flexibility index (Phi) is 6.32. The first-order chi connectivity index (χ1) is 8.65. The smallest absolute Gasteiger partial charge is 0.0670 e. The van der Waals surface area contributed by atoms with Crippen LogP contribution in [0, 0.1) is 0 Å². The first kappa shape index (κ1) is 15.1. The van der Waals surface area contributed by atoms with Crippen molar-refractivity contribution in [3.05, 3.63) is 17.5 Å². The van der Waals surface area contributed by atoms with Crippen molar-refractivity contribution in [3.63, 3.8) is 0 Å². The molecule has 0 amide bonds. The molecule has 0 aliphatic rings. The van der Waals surface area contributed by atoms with E-state index in [9.17, 15) is 0 Å². The van der Waals surface area contributed by atoms with Crippen molar-refractivity contribution in [2.75, 3.05) is 13.2 Å². The van der Waals surface area contributed by atoms with Gasteiger partial charge in [-0.15, -0.1) is 0 Å². The molecule has 2 unspecified atom stereocenters. The number of nitrogens with zero attached hydrogens (tertiary/aromatic N) is 2. The molecule has 5 heteroatoms. The number of hydrogen-bond acceptors (Lipinski definition) is 4. The van der Waals surface area contributed by atoms with Crippen LogP contribution in [0.2, 0.25) is 0 Å². The van der Waals surface area contributed by atoms with Crippen molar-refractivity contribution >= 4 is 0 Å². The van der Waals surface area contributed by atoms with Crippen LogP contribution in [-0.4, -0.2) is 34.1 Å². The third-order valence-corrected chi connectivity index (χ3v) is 3.29. The minimum absolute atomic E-state index is 0.116. The molecule has 0 aliphatic heterocycles. The lowest BCUT2D eigenvalue weighted by molar-refractivity contribution is 0.255. The highest BCUT2D eigenvalue weighted by molar-refractivity contribution is 5.22. The molecule has 1 aromatic rings. The second-order valence-electron chi connectivity index (χ2n) is 4.63. The van der Waals surface area contributed by atoms with Crippen molar-refractivity contribution in [3.8, 4) is 0 Å². The summed E-state index contributed by atoms with van der Waals surface area (Å²) in [6, 6.07) is 0.415. The average Bonchev–Trinajstić information content (AvgIpc) is 2.75. The van der Waals surface area contributed by atoms with E-state index in [4.69, 9.17) is 10.8 Å². The van der Waals surface area contributed by atoms with Crippen LogP contribution in [-0.2, 0) is 13.5 Å². The first-order valence-corrected chi connectivity index (χ1v) is 6.75. The molecular formula is C13H26N4O. The zero-order valence-electron chi connectivity index (χ0n) is 11.7. The van der Waals surface area contributed by atoms with Gasteiger partial charge in [0.2, 0.25) is 0 Å². The van der Waals surface area contributed by atoms with Crippen LogP contribution in [0.1, 0.15) is 44.0 Å². The molecule has 18 heavy (non-hydrogen) atoms. The van der Waals surface area contributed by atoms with Gasteiger partial charge in [-0.05, 0) is 19.3 Å². The van der Waals surface area contributed by atoms with Gasteiger partial charge >= 0.3 is 0 Å². The molecule has 0 bridgehead atoms. The average molecular weight is 254 g/mol. The van der Waals surface area contributed by atoms with Gasteiger partial charge in [-0.3, -0.25) is 4.68 Å². The van der Waals surface area contributed by atoms with Crippen LogP contribution in [0.25, 0.3) is 0 Å². The first-order valence-electron chi connectivity index (χ1n) is 6.75. The van der Waals surface area contributed by atoms with Gasteiger partial charge in [0.1, 0.15) is 0 Å².